The minimum Gasteiger partial charge on any atom is -0.432 e. The van der Waals surface area contributed by atoms with E-state index in [4.69, 9.17) is 10.2 Å². The van der Waals surface area contributed by atoms with E-state index in [1.807, 2.05) is 0 Å². The van der Waals surface area contributed by atoms with Gasteiger partial charge in [-0.25, -0.2) is 0 Å². The SMILES string of the molecule is O=C(OCCCO)OOC(=O)OCCCO. The Morgan fingerprint density at radius 3 is 1.50 bits per heavy atom. The Kier molecular flexibility index (Phi) is 9.03. The van der Waals surface area contributed by atoms with Crippen LogP contribution >= 0.6 is 0 Å². The Morgan fingerprint density at radius 2 is 1.19 bits per heavy atom. The molecule has 8 heteroatoms. The molecule has 0 saturated heterocycles. The summed E-state index contributed by atoms with van der Waals surface area (Å²) < 4.78 is 8.73. The normalized spacial score (nSPS) is 9.38. The smallest absolute Gasteiger partial charge is 0.432 e. The summed E-state index contributed by atoms with van der Waals surface area (Å²) in [5.41, 5.74) is 0. The third kappa shape index (κ3) is 9.03. The van der Waals surface area contributed by atoms with E-state index in [0.29, 0.717) is 0 Å². The van der Waals surface area contributed by atoms with Gasteiger partial charge in [0.1, 0.15) is 0 Å². The van der Waals surface area contributed by atoms with Crippen LogP contribution in [0.3, 0.4) is 0 Å². The standard InChI is InChI=1S/C8H14O8/c9-3-1-5-13-7(11)15-16-8(12)14-6-2-4-10/h9-10H,1-6H2. The predicted molar refractivity (Wildman–Crippen MR) is 48.3 cm³/mol. The Hall–Kier alpha value is -1.54. The number of hydrogen-bond donors (Lipinski definition) is 2. The van der Waals surface area contributed by atoms with Gasteiger partial charge in [-0.15, -0.1) is 0 Å². The molecule has 0 unspecified atom stereocenters. The third-order valence-electron chi connectivity index (χ3n) is 1.22. The second-order valence-corrected chi connectivity index (χ2v) is 2.52. The van der Waals surface area contributed by atoms with Crippen molar-refractivity contribution in [3.05, 3.63) is 0 Å². The second-order valence-electron chi connectivity index (χ2n) is 2.52. The zero-order valence-electron chi connectivity index (χ0n) is 8.59. The number of carbonyl (C=O) groups excluding carboxylic acids is 2. The van der Waals surface area contributed by atoms with Gasteiger partial charge in [-0.1, -0.05) is 0 Å². The van der Waals surface area contributed by atoms with Crippen molar-refractivity contribution < 1.29 is 39.1 Å². The maximum atomic E-state index is 10.7. The average molecular weight is 238 g/mol. The van der Waals surface area contributed by atoms with Crippen LogP contribution in [-0.4, -0.2) is 49.0 Å². The van der Waals surface area contributed by atoms with Gasteiger partial charge in [0, 0.05) is 26.1 Å². The fourth-order valence-corrected chi connectivity index (χ4v) is 0.556. The largest absolute Gasteiger partial charge is 0.549 e. The third-order valence-corrected chi connectivity index (χ3v) is 1.22. The summed E-state index contributed by atoms with van der Waals surface area (Å²) in [4.78, 5) is 29.1. The molecule has 0 bridgehead atoms. The van der Waals surface area contributed by atoms with Crippen LogP contribution in [0.15, 0.2) is 0 Å². The molecular formula is C8H14O8. The molecule has 0 fully saturated rings. The van der Waals surface area contributed by atoms with Crippen molar-refractivity contribution >= 4 is 12.3 Å². The van der Waals surface area contributed by atoms with Crippen molar-refractivity contribution in [2.75, 3.05) is 26.4 Å². The fraction of sp³-hybridized carbons (Fsp3) is 0.750. The van der Waals surface area contributed by atoms with Crippen molar-refractivity contribution in [1.29, 1.82) is 0 Å². The van der Waals surface area contributed by atoms with E-state index in [-0.39, 0.29) is 39.3 Å². The van der Waals surface area contributed by atoms with Crippen molar-refractivity contribution in [3.63, 3.8) is 0 Å². The molecule has 2 N–H and O–H groups in total. The van der Waals surface area contributed by atoms with Crippen LogP contribution in [0.2, 0.25) is 0 Å². The first-order valence-corrected chi connectivity index (χ1v) is 4.60. The molecule has 0 aliphatic carbocycles. The molecule has 16 heavy (non-hydrogen) atoms. The molecule has 0 spiro atoms. The molecule has 94 valence electrons. The predicted octanol–water partition coefficient (Wildman–Crippen LogP) is -0.0274. The van der Waals surface area contributed by atoms with Crippen LogP contribution in [-0.2, 0) is 19.2 Å². The van der Waals surface area contributed by atoms with Gasteiger partial charge >= 0.3 is 12.3 Å². The van der Waals surface area contributed by atoms with E-state index < -0.39 is 12.3 Å². The number of rotatable bonds is 6. The second kappa shape index (κ2) is 9.99. The zero-order chi connectivity index (χ0) is 12.2. The van der Waals surface area contributed by atoms with Crippen LogP contribution in [0.5, 0.6) is 0 Å². The van der Waals surface area contributed by atoms with Crippen molar-refractivity contribution in [2.24, 2.45) is 0 Å². The number of aliphatic hydroxyl groups excluding tert-OH is 2. The highest BCUT2D eigenvalue weighted by molar-refractivity contribution is 5.63. The Bertz CT molecular complexity index is 182. The van der Waals surface area contributed by atoms with Gasteiger partial charge in [-0.2, -0.15) is 19.4 Å². The molecule has 0 aliphatic heterocycles. The van der Waals surface area contributed by atoms with E-state index in [1.54, 1.807) is 0 Å². The van der Waals surface area contributed by atoms with Crippen LogP contribution in [0.4, 0.5) is 9.59 Å². The van der Waals surface area contributed by atoms with Crippen LogP contribution in [0.25, 0.3) is 0 Å². The molecule has 0 heterocycles. The van der Waals surface area contributed by atoms with Gasteiger partial charge in [-0.05, 0) is 0 Å². The highest BCUT2D eigenvalue weighted by Crippen LogP contribution is 1.93. The van der Waals surface area contributed by atoms with Crippen molar-refractivity contribution in [2.45, 2.75) is 12.8 Å². The molecule has 0 aromatic rings. The lowest BCUT2D eigenvalue weighted by molar-refractivity contribution is -0.218. The van der Waals surface area contributed by atoms with Gasteiger partial charge in [0.05, 0.1) is 13.2 Å². The molecule has 0 rings (SSSR count). The zero-order valence-corrected chi connectivity index (χ0v) is 8.59. The first-order valence-electron chi connectivity index (χ1n) is 4.60. The monoisotopic (exact) mass is 238 g/mol. The summed E-state index contributed by atoms with van der Waals surface area (Å²) in [5.74, 6) is 0. The molecule has 0 amide bonds. The first kappa shape index (κ1) is 14.5. The number of ether oxygens (including phenoxy) is 2. The molecule has 8 nitrogen and oxygen atoms in total. The van der Waals surface area contributed by atoms with Crippen LogP contribution < -0.4 is 0 Å². The molecule has 0 saturated carbocycles. The summed E-state index contributed by atoms with van der Waals surface area (Å²) in [6.07, 6.45) is -1.88. The minimum absolute atomic E-state index is 0.0434. The summed E-state index contributed by atoms with van der Waals surface area (Å²) in [6.45, 7) is -0.342. The maximum absolute atomic E-state index is 10.7. The van der Waals surface area contributed by atoms with E-state index in [9.17, 15) is 9.59 Å². The molecule has 0 aromatic heterocycles. The average Bonchev–Trinajstić information content (AvgIpc) is 2.27. The highest BCUT2D eigenvalue weighted by Gasteiger charge is 2.11. The maximum Gasteiger partial charge on any atom is 0.549 e. The Balaban J connectivity index is 3.40. The lowest BCUT2D eigenvalue weighted by Crippen LogP contribution is -2.15. The van der Waals surface area contributed by atoms with Gasteiger partial charge in [0.15, 0.2) is 0 Å². The summed E-state index contributed by atoms with van der Waals surface area (Å²) in [6, 6.07) is 0. The van der Waals surface area contributed by atoms with Gasteiger partial charge in [0.25, 0.3) is 0 Å². The minimum atomic E-state index is -1.20. The van der Waals surface area contributed by atoms with Gasteiger partial charge in [0.2, 0.25) is 0 Å². The van der Waals surface area contributed by atoms with E-state index in [0.717, 1.165) is 0 Å². The summed E-state index contributed by atoms with van der Waals surface area (Å²) in [7, 11) is 0. The quantitative estimate of drug-likeness (QED) is 0.287. The summed E-state index contributed by atoms with van der Waals surface area (Å²) >= 11 is 0. The summed E-state index contributed by atoms with van der Waals surface area (Å²) in [5, 5.41) is 16.7. The Labute approximate surface area is 91.6 Å². The molecule has 0 aliphatic rings. The number of carbonyl (C=O) groups is 2. The fourth-order valence-electron chi connectivity index (χ4n) is 0.556. The molecule has 0 aromatic carbocycles. The lowest BCUT2D eigenvalue weighted by atomic mass is 10.5. The van der Waals surface area contributed by atoms with Crippen LogP contribution in [0.1, 0.15) is 12.8 Å². The lowest BCUT2D eigenvalue weighted by Gasteiger charge is -2.04. The van der Waals surface area contributed by atoms with Gasteiger partial charge < -0.3 is 19.7 Å². The molecule has 0 atom stereocenters. The van der Waals surface area contributed by atoms with E-state index in [2.05, 4.69) is 19.2 Å². The van der Waals surface area contributed by atoms with E-state index in [1.165, 1.54) is 0 Å². The molecular weight excluding hydrogens is 224 g/mol. The Morgan fingerprint density at radius 1 is 0.812 bits per heavy atom. The van der Waals surface area contributed by atoms with Crippen molar-refractivity contribution in [3.8, 4) is 0 Å². The first-order chi connectivity index (χ1) is 7.70. The number of aliphatic hydroxyl groups is 2. The van der Waals surface area contributed by atoms with E-state index >= 15 is 0 Å². The van der Waals surface area contributed by atoms with Gasteiger partial charge in [-0.3, -0.25) is 0 Å². The topological polar surface area (TPSA) is 112 Å². The number of hydrogen-bond acceptors (Lipinski definition) is 8. The van der Waals surface area contributed by atoms with Crippen molar-refractivity contribution in [1.82, 2.24) is 0 Å². The highest BCUT2D eigenvalue weighted by atomic mass is 17.3. The molecule has 0 radical (unpaired) electrons. The van der Waals surface area contributed by atoms with Crippen LogP contribution in [0, 0.1) is 0 Å².